The molecular formula is C34H39F3N2O5. The smallest absolute Gasteiger partial charge is 0.417 e. The molecule has 10 heteroatoms. The van der Waals surface area contributed by atoms with Crippen LogP contribution in [0.1, 0.15) is 74.3 Å². The molecule has 0 fully saturated rings. The molecule has 3 aromatic rings. The van der Waals surface area contributed by atoms with Crippen molar-refractivity contribution in [1.82, 2.24) is 4.98 Å². The lowest BCUT2D eigenvalue weighted by Gasteiger charge is -2.38. The number of rotatable bonds is 9. The van der Waals surface area contributed by atoms with Crippen LogP contribution in [0, 0.1) is 6.92 Å². The van der Waals surface area contributed by atoms with Crippen molar-refractivity contribution in [3.8, 4) is 0 Å². The van der Waals surface area contributed by atoms with Gasteiger partial charge in [-0.2, -0.15) is 22.8 Å². The Kier molecular flexibility index (Phi) is 13.8. The van der Waals surface area contributed by atoms with Crippen LogP contribution < -0.4 is 5.32 Å². The fraction of sp³-hybridized carbons (Fsp3) is 0.382. The number of aliphatic hydroxyl groups excluding tert-OH is 1. The minimum Gasteiger partial charge on any atom is -0.512 e. The van der Waals surface area contributed by atoms with Gasteiger partial charge >= 0.3 is 18.3 Å². The van der Waals surface area contributed by atoms with Gasteiger partial charge in [0.05, 0.1) is 11.1 Å². The van der Waals surface area contributed by atoms with Crippen LogP contribution in [0.15, 0.2) is 84.3 Å². The molecule has 236 valence electrons. The number of pyridine rings is 1. The van der Waals surface area contributed by atoms with Gasteiger partial charge in [0.2, 0.25) is 0 Å². The third-order valence-electron chi connectivity index (χ3n) is 7.32. The summed E-state index contributed by atoms with van der Waals surface area (Å²) in [5, 5.41) is 14.2. The number of aromatic nitrogens is 1. The van der Waals surface area contributed by atoms with Crippen molar-refractivity contribution in [2.75, 3.05) is 12.4 Å². The van der Waals surface area contributed by atoms with E-state index in [0.29, 0.717) is 30.5 Å². The quantitative estimate of drug-likeness (QED) is 0.236. The zero-order valence-corrected chi connectivity index (χ0v) is 25.4. The first-order chi connectivity index (χ1) is 20.9. The summed E-state index contributed by atoms with van der Waals surface area (Å²) in [6.07, 6.45) is 1.07. The van der Waals surface area contributed by atoms with E-state index >= 15 is 0 Å². The Hall–Kier alpha value is -4.43. The average Bonchev–Trinajstić information content (AvgIpc) is 2.99. The van der Waals surface area contributed by atoms with Crippen LogP contribution in [0.5, 0.6) is 0 Å². The van der Waals surface area contributed by atoms with Crippen molar-refractivity contribution in [1.29, 1.82) is 0 Å². The molecule has 2 heterocycles. The highest BCUT2D eigenvalue weighted by molar-refractivity contribution is 5.92. The van der Waals surface area contributed by atoms with Crippen LogP contribution in [-0.2, 0) is 31.7 Å². The first kappa shape index (κ1) is 35.8. The second kappa shape index (κ2) is 17.0. The third kappa shape index (κ3) is 10.4. The fourth-order valence-corrected chi connectivity index (χ4v) is 5.18. The number of nitrogens with one attached hydrogen (secondary N) is 1. The number of ether oxygens (including phenoxy) is 1. The lowest BCUT2D eigenvalue weighted by atomic mass is 9.80. The first-order valence-electron chi connectivity index (χ1n) is 14.4. The number of nitrogens with zero attached hydrogens (tertiary/aromatic N) is 1. The van der Waals surface area contributed by atoms with Crippen LogP contribution in [0.25, 0.3) is 0 Å². The summed E-state index contributed by atoms with van der Waals surface area (Å²) < 4.78 is 41.7. The Bertz CT molecular complexity index is 1400. The summed E-state index contributed by atoms with van der Waals surface area (Å²) in [7, 11) is 1.87. The minimum atomic E-state index is -4.28. The summed E-state index contributed by atoms with van der Waals surface area (Å²) in [6, 6.07) is 20.6. The number of aryl methyl sites for hydroxylation is 2. The number of aliphatic hydroxyl groups is 1. The van der Waals surface area contributed by atoms with Gasteiger partial charge in [-0.05, 0) is 68.0 Å². The van der Waals surface area contributed by atoms with Crippen molar-refractivity contribution >= 4 is 17.8 Å². The maximum absolute atomic E-state index is 13.2. The molecule has 7 nitrogen and oxygen atoms in total. The fourth-order valence-electron chi connectivity index (χ4n) is 5.18. The number of benzene rings is 2. The number of hydrogen-bond acceptors (Lipinski definition) is 7. The third-order valence-corrected chi connectivity index (χ3v) is 7.32. The average molecular weight is 613 g/mol. The molecule has 0 radical (unpaired) electrons. The number of cyclic esters (lactones) is 1. The summed E-state index contributed by atoms with van der Waals surface area (Å²) in [5.74, 6) is -0.365. The summed E-state index contributed by atoms with van der Waals surface area (Å²) >= 11 is 0. The highest BCUT2D eigenvalue weighted by atomic mass is 19.4. The molecule has 1 aromatic heterocycles. The molecule has 0 aliphatic carbocycles. The van der Waals surface area contributed by atoms with E-state index in [0.717, 1.165) is 42.8 Å². The molecule has 4 rings (SSSR count). The van der Waals surface area contributed by atoms with E-state index in [1.807, 2.05) is 56.4 Å². The molecular weight excluding hydrogens is 573 g/mol. The lowest BCUT2D eigenvalue weighted by molar-refractivity contribution is -0.191. The highest BCUT2D eigenvalue weighted by Crippen LogP contribution is 2.42. The van der Waals surface area contributed by atoms with E-state index in [2.05, 4.69) is 29.4 Å². The van der Waals surface area contributed by atoms with Crippen LogP contribution in [0.3, 0.4) is 0 Å². The van der Waals surface area contributed by atoms with E-state index in [1.54, 1.807) is 6.92 Å². The monoisotopic (exact) mass is 612 g/mol. The molecule has 2 atom stereocenters. The van der Waals surface area contributed by atoms with Gasteiger partial charge < -0.3 is 15.2 Å². The minimum absolute atomic E-state index is 0.181. The van der Waals surface area contributed by atoms with Gasteiger partial charge in [-0.15, -0.1) is 0 Å². The predicted molar refractivity (Wildman–Crippen MR) is 161 cm³/mol. The maximum atomic E-state index is 13.2. The standard InChI is InChI=1S/C26H33NO3.C7H6F3N.CO2/c1-4-15-26(16-14-19-10-7-6-8-11-19)18-23(28)24(25(29)30-26)22(5-2)20-12-9-13-21(17-20)27-3;1-5-2-3-6(4-11-5)7(8,9)10;2-1-3/h6-13,17,22,27-28H,4-5,14-16,18H2,1-3H3;2-4H,1H3;. The van der Waals surface area contributed by atoms with Crippen molar-refractivity contribution in [3.05, 3.63) is 107 Å². The van der Waals surface area contributed by atoms with E-state index in [1.165, 1.54) is 11.6 Å². The Balaban J connectivity index is 0.000000400. The normalized spacial score (nSPS) is 16.8. The van der Waals surface area contributed by atoms with E-state index in [4.69, 9.17) is 14.3 Å². The van der Waals surface area contributed by atoms with E-state index in [9.17, 15) is 23.1 Å². The van der Waals surface area contributed by atoms with Gasteiger partial charge in [-0.1, -0.05) is 62.7 Å². The number of hydrogen-bond donors (Lipinski definition) is 2. The highest BCUT2D eigenvalue weighted by Gasteiger charge is 2.43. The van der Waals surface area contributed by atoms with Gasteiger partial charge in [0, 0.05) is 37.0 Å². The Morgan fingerprint density at radius 3 is 2.25 bits per heavy atom. The predicted octanol–water partition coefficient (Wildman–Crippen LogP) is 7.98. The van der Waals surface area contributed by atoms with Gasteiger partial charge in [0.15, 0.2) is 0 Å². The summed E-state index contributed by atoms with van der Waals surface area (Å²) in [5.41, 5.74) is 2.86. The molecule has 0 saturated carbocycles. The molecule has 2 aromatic carbocycles. The van der Waals surface area contributed by atoms with Crippen LogP contribution >= 0.6 is 0 Å². The van der Waals surface area contributed by atoms with Crippen LogP contribution in [0.2, 0.25) is 0 Å². The second-order valence-corrected chi connectivity index (χ2v) is 10.5. The van der Waals surface area contributed by atoms with Gasteiger partial charge in [0.25, 0.3) is 0 Å². The van der Waals surface area contributed by atoms with Crippen LogP contribution in [-0.4, -0.2) is 34.9 Å². The number of esters is 1. The van der Waals surface area contributed by atoms with Crippen molar-refractivity contribution in [2.45, 2.75) is 77.0 Å². The number of carbonyl (C=O) groups is 1. The topological polar surface area (TPSA) is 106 Å². The molecule has 0 amide bonds. The van der Waals surface area contributed by atoms with Crippen molar-refractivity contribution in [2.24, 2.45) is 0 Å². The molecule has 1 aliphatic rings. The van der Waals surface area contributed by atoms with Gasteiger partial charge in [-0.3, -0.25) is 4.98 Å². The second-order valence-electron chi connectivity index (χ2n) is 10.5. The number of carbonyl (C=O) groups excluding carboxylic acids is 3. The molecule has 44 heavy (non-hydrogen) atoms. The van der Waals surface area contributed by atoms with Gasteiger partial charge in [0.1, 0.15) is 11.4 Å². The SMILES string of the molecule is CCCC1(CCc2ccccc2)CC(O)=C(C(CC)c2cccc(NC)c2)C(=O)O1.Cc1ccc(C(F)(F)F)cn1.O=C=O. The van der Waals surface area contributed by atoms with Crippen molar-refractivity contribution in [3.63, 3.8) is 0 Å². The lowest BCUT2D eigenvalue weighted by Crippen LogP contribution is -2.41. The number of anilines is 1. The van der Waals surface area contributed by atoms with Crippen LogP contribution in [0.4, 0.5) is 18.9 Å². The number of halogens is 3. The summed E-state index contributed by atoms with van der Waals surface area (Å²) in [4.78, 5) is 33.0. The molecule has 1 aliphatic heterocycles. The van der Waals surface area contributed by atoms with Crippen molar-refractivity contribution < 1.29 is 37.4 Å². The molecule has 0 saturated heterocycles. The Morgan fingerprint density at radius 1 is 1.05 bits per heavy atom. The molecule has 2 N–H and O–H groups in total. The summed E-state index contributed by atoms with van der Waals surface area (Å²) in [6.45, 7) is 5.76. The molecule has 0 bridgehead atoms. The zero-order chi connectivity index (χ0) is 32.8. The zero-order valence-electron chi connectivity index (χ0n) is 25.4. The van der Waals surface area contributed by atoms with E-state index < -0.39 is 17.3 Å². The molecule has 0 spiro atoms. The largest absolute Gasteiger partial charge is 0.512 e. The van der Waals surface area contributed by atoms with E-state index in [-0.39, 0.29) is 23.8 Å². The Morgan fingerprint density at radius 2 is 1.73 bits per heavy atom. The van der Waals surface area contributed by atoms with Gasteiger partial charge in [-0.25, -0.2) is 4.79 Å². The molecule has 2 unspecified atom stereocenters. The Labute approximate surface area is 256 Å². The maximum Gasteiger partial charge on any atom is 0.417 e. The number of alkyl halides is 3. The first-order valence-corrected chi connectivity index (χ1v) is 14.4.